The van der Waals surface area contributed by atoms with Crippen LogP contribution in [0, 0.1) is 0 Å². The summed E-state index contributed by atoms with van der Waals surface area (Å²) in [5, 5.41) is 0. The number of rotatable bonds is 3. The largest absolute Gasteiger partial charge is 0.461 e. The molecule has 2 rings (SSSR count). The molecule has 0 radical (unpaired) electrons. The highest BCUT2D eigenvalue weighted by molar-refractivity contribution is 5.77. The highest BCUT2D eigenvalue weighted by atomic mass is 16.5. The van der Waals surface area contributed by atoms with Crippen molar-refractivity contribution in [2.24, 2.45) is 5.73 Å². The normalized spacial score (nSPS) is 18.9. The maximum Gasteiger partial charge on any atom is 0.327 e. The number of esters is 1. The van der Waals surface area contributed by atoms with Gasteiger partial charge in [-0.2, -0.15) is 0 Å². The summed E-state index contributed by atoms with van der Waals surface area (Å²) in [6, 6.07) is 8.74. The van der Waals surface area contributed by atoms with Crippen LogP contribution in [0.1, 0.15) is 50.1 Å². The molecule has 0 aromatic heterocycles. The Morgan fingerprint density at radius 2 is 1.72 bits per heavy atom. The van der Waals surface area contributed by atoms with E-state index in [0.717, 1.165) is 31.2 Å². The average Bonchev–Trinajstić information content (AvgIpc) is 2.67. The second-order valence-electron chi connectivity index (χ2n) is 4.94. The van der Waals surface area contributed by atoms with Gasteiger partial charge < -0.3 is 10.5 Å². The molecule has 0 amide bonds. The first-order valence-corrected chi connectivity index (χ1v) is 6.78. The van der Waals surface area contributed by atoms with Crippen LogP contribution in [0.5, 0.6) is 0 Å². The molecule has 18 heavy (non-hydrogen) atoms. The second-order valence-corrected chi connectivity index (χ2v) is 4.94. The lowest BCUT2D eigenvalue weighted by Crippen LogP contribution is -2.28. The lowest BCUT2D eigenvalue weighted by molar-refractivity contribution is -0.151. The second kappa shape index (κ2) is 6.55. The zero-order chi connectivity index (χ0) is 12.8. The summed E-state index contributed by atoms with van der Waals surface area (Å²) in [6.45, 7) is 0. The highest BCUT2D eigenvalue weighted by Gasteiger charge is 2.22. The molecule has 1 aliphatic rings. The fraction of sp³-hybridized carbons (Fsp3) is 0.533. The number of ether oxygens (including phenoxy) is 1. The molecule has 98 valence electrons. The molecule has 1 aromatic carbocycles. The van der Waals surface area contributed by atoms with E-state index in [0.29, 0.717) is 0 Å². The van der Waals surface area contributed by atoms with Crippen molar-refractivity contribution in [3.8, 4) is 0 Å². The monoisotopic (exact) mass is 247 g/mol. The zero-order valence-electron chi connectivity index (χ0n) is 10.7. The van der Waals surface area contributed by atoms with Crippen molar-refractivity contribution in [2.75, 3.05) is 0 Å². The van der Waals surface area contributed by atoms with Crippen LogP contribution in [0.15, 0.2) is 30.3 Å². The predicted octanol–water partition coefficient (Wildman–Crippen LogP) is 2.95. The predicted molar refractivity (Wildman–Crippen MR) is 71.0 cm³/mol. The first-order chi connectivity index (χ1) is 8.77. The molecule has 1 saturated carbocycles. The van der Waals surface area contributed by atoms with Crippen molar-refractivity contribution in [1.29, 1.82) is 0 Å². The first kappa shape index (κ1) is 13.1. The van der Waals surface area contributed by atoms with Crippen LogP contribution in [0.2, 0.25) is 0 Å². The first-order valence-electron chi connectivity index (χ1n) is 6.78. The van der Waals surface area contributed by atoms with Gasteiger partial charge >= 0.3 is 5.97 Å². The van der Waals surface area contributed by atoms with Crippen LogP contribution in [-0.4, -0.2) is 12.1 Å². The van der Waals surface area contributed by atoms with Gasteiger partial charge in [-0.15, -0.1) is 0 Å². The van der Waals surface area contributed by atoms with E-state index in [1.165, 1.54) is 12.8 Å². The molecule has 0 aliphatic heterocycles. The van der Waals surface area contributed by atoms with Crippen molar-refractivity contribution < 1.29 is 9.53 Å². The van der Waals surface area contributed by atoms with Crippen LogP contribution >= 0.6 is 0 Å². The summed E-state index contributed by atoms with van der Waals surface area (Å²) in [5.41, 5.74) is 6.74. The topological polar surface area (TPSA) is 52.3 Å². The van der Waals surface area contributed by atoms with Crippen molar-refractivity contribution in [3.05, 3.63) is 35.9 Å². The van der Waals surface area contributed by atoms with Crippen LogP contribution in [-0.2, 0) is 9.53 Å². The third kappa shape index (κ3) is 3.57. The summed E-state index contributed by atoms with van der Waals surface area (Å²) in [7, 11) is 0. The Morgan fingerprint density at radius 1 is 1.11 bits per heavy atom. The molecule has 1 aromatic rings. The number of hydrogen-bond donors (Lipinski definition) is 1. The van der Waals surface area contributed by atoms with Crippen molar-refractivity contribution in [1.82, 2.24) is 0 Å². The van der Waals surface area contributed by atoms with Gasteiger partial charge in [-0.1, -0.05) is 43.2 Å². The minimum Gasteiger partial charge on any atom is -0.461 e. The minimum atomic E-state index is -0.658. The number of nitrogens with two attached hydrogens (primary N) is 1. The molecule has 2 N–H and O–H groups in total. The van der Waals surface area contributed by atoms with Crippen LogP contribution in [0.25, 0.3) is 0 Å². The van der Waals surface area contributed by atoms with Crippen LogP contribution < -0.4 is 5.73 Å². The van der Waals surface area contributed by atoms with Gasteiger partial charge in [-0.3, -0.25) is 0 Å². The van der Waals surface area contributed by atoms with Gasteiger partial charge in [-0.25, -0.2) is 4.79 Å². The van der Waals surface area contributed by atoms with E-state index in [4.69, 9.17) is 10.5 Å². The lowest BCUT2D eigenvalue weighted by atomic mass is 10.1. The van der Waals surface area contributed by atoms with Gasteiger partial charge in [0.2, 0.25) is 0 Å². The summed E-state index contributed by atoms with van der Waals surface area (Å²) in [4.78, 5) is 12.0. The molecule has 0 saturated heterocycles. The van der Waals surface area contributed by atoms with Gasteiger partial charge in [-0.05, 0) is 31.2 Å². The SMILES string of the molecule is N[C@H](C(=O)OC1CCCCCC1)c1ccccc1. The van der Waals surface area contributed by atoms with Gasteiger partial charge in [0, 0.05) is 0 Å². The fourth-order valence-corrected chi connectivity index (χ4v) is 2.39. The van der Waals surface area contributed by atoms with Gasteiger partial charge in [0.15, 0.2) is 0 Å². The van der Waals surface area contributed by atoms with Gasteiger partial charge in [0.1, 0.15) is 12.1 Å². The van der Waals surface area contributed by atoms with E-state index in [-0.39, 0.29) is 12.1 Å². The molecular formula is C15H21NO2. The minimum absolute atomic E-state index is 0.0646. The Kier molecular flexibility index (Phi) is 4.76. The summed E-state index contributed by atoms with van der Waals surface area (Å²) in [5.74, 6) is -0.298. The van der Waals surface area contributed by atoms with Crippen molar-refractivity contribution in [2.45, 2.75) is 50.7 Å². The molecule has 1 aliphatic carbocycles. The van der Waals surface area contributed by atoms with Crippen molar-refractivity contribution >= 4 is 5.97 Å². The smallest absolute Gasteiger partial charge is 0.327 e. The molecule has 3 heteroatoms. The molecule has 1 atom stereocenters. The fourth-order valence-electron chi connectivity index (χ4n) is 2.39. The number of carbonyl (C=O) groups excluding carboxylic acids is 1. The highest BCUT2D eigenvalue weighted by Crippen LogP contribution is 2.21. The third-order valence-electron chi connectivity index (χ3n) is 3.50. The Balaban J connectivity index is 1.90. The van der Waals surface area contributed by atoms with E-state index < -0.39 is 6.04 Å². The van der Waals surface area contributed by atoms with Crippen LogP contribution in [0.4, 0.5) is 0 Å². The molecule has 1 fully saturated rings. The zero-order valence-corrected chi connectivity index (χ0v) is 10.7. The number of carbonyl (C=O) groups is 1. The van der Waals surface area contributed by atoms with Gasteiger partial charge in [0.25, 0.3) is 0 Å². The Labute approximate surface area is 108 Å². The third-order valence-corrected chi connectivity index (χ3v) is 3.50. The molecule has 0 unspecified atom stereocenters. The standard InChI is InChI=1S/C15H21NO2/c16-14(12-8-4-3-5-9-12)15(17)18-13-10-6-1-2-7-11-13/h3-5,8-9,13-14H,1-2,6-7,10-11,16H2/t14-/m0/s1. The number of hydrogen-bond acceptors (Lipinski definition) is 3. The summed E-state index contributed by atoms with van der Waals surface area (Å²) < 4.78 is 5.52. The Bertz CT molecular complexity index is 369. The molecule has 0 heterocycles. The van der Waals surface area contributed by atoms with E-state index in [1.54, 1.807) is 0 Å². The number of benzene rings is 1. The lowest BCUT2D eigenvalue weighted by Gasteiger charge is -2.18. The maximum absolute atomic E-state index is 12.0. The van der Waals surface area contributed by atoms with Crippen LogP contribution in [0.3, 0.4) is 0 Å². The maximum atomic E-state index is 12.0. The Hall–Kier alpha value is -1.35. The summed E-state index contributed by atoms with van der Waals surface area (Å²) >= 11 is 0. The van der Waals surface area contributed by atoms with E-state index in [9.17, 15) is 4.79 Å². The molecule has 3 nitrogen and oxygen atoms in total. The molecular weight excluding hydrogens is 226 g/mol. The quantitative estimate of drug-likeness (QED) is 0.660. The molecule has 0 bridgehead atoms. The molecule has 0 spiro atoms. The van der Waals surface area contributed by atoms with Gasteiger partial charge in [0.05, 0.1) is 0 Å². The van der Waals surface area contributed by atoms with E-state index in [2.05, 4.69) is 0 Å². The van der Waals surface area contributed by atoms with Crippen molar-refractivity contribution in [3.63, 3.8) is 0 Å². The van der Waals surface area contributed by atoms with E-state index in [1.807, 2.05) is 30.3 Å². The Morgan fingerprint density at radius 3 is 2.33 bits per heavy atom. The summed E-state index contributed by atoms with van der Waals surface area (Å²) in [6.07, 6.45) is 6.82. The average molecular weight is 247 g/mol. The van der Waals surface area contributed by atoms with E-state index >= 15 is 0 Å².